The predicted molar refractivity (Wildman–Crippen MR) is 70.2 cm³/mol. The molecule has 0 aliphatic heterocycles. The maximum Gasteiger partial charge on any atom is 0.294 e. The summed E-state index contributed by atoms with van der Waals surface area (Å²) in [4.78, 5) is 11.8. The minimum Gasteiger partial charge on any atom is -0.492 e. The Morgan fingerprint density at radius 1 is 1.47 bits per heavy atom. The highest BCUT2D eigenvalue weighted by atomic mass is 16.5. The number of amides is 1. The van der Waals surface area contributed by atoms with Crippen LogP contribution in [0.3, 0.4) is 0 Å². The van der Waals surface area contributed by atoms with Crippen LogP contribution in [0.25, 0.3) is 0 Å². The third kappa shape index (κ3) is 3.56. The second kappa shape index (κ2) is 6.01. The van der Waals surface area contributed by atoms with E-state index in [1.54, 1.807) is 37.3 Å². The number of carbonyl (C=O) groups excluding carboxylic acids is 1. The molecule has 0 unspecified atom stereocenters. The van der Waals surface area contributed by atoms with Gasteiger partial charge in [0, 0.05) is 24.4 Å². The van der Waals surface area contributed by atoms with Gasteiger partial charge >= 0.3 is 0 Å². The Labute approximate surface area is 110 Å². The molecule has 0 bridgehead atoms. The van der Waals surface area contributed by atoms with Crippen LogP contribution < -0.4 is 15.8 Å². The summed E-state index contributed by atoms with van der Waals surface area (Å²) < 4.78 is 10.3. The second-order valence-corrected chi connectivity index (χ2v) is 3.95. The van der Waals surface area contributed by atoms with E-state index in [-0.39, 0.29) is 11.7 Å². The van der Waals surface area contributed by atoms with E-state index in [1.807, 2.05) is 0 Å². The van der Waals surface area contributed by atoms with Crippen molar-refractivity contribution < 1.29 is 14.1 Å². The normalized spacial score (nSPS) is 10.2. The SMILES string of the molecule is Cc1cc(C(=O)Nc2cccc(OCCN)c2)on1. The van der Waals surface area contributed by atoms with Gasteiger partial charge in [0.25, 0.3) is 5.91 Å². The zero-order valence-corrected chi connectivity index (χ0v) is 10.6. The van der Waals surface area contributed by atoms with Crippen molar-refractivity contribution in [1.82, 2.24) is 5.16 Å². The molecule has 0 atom stereocenters. The summed E-state index contributed by atoms with van der Waals surface area (Å²) in [6.07, 6.45) is 0. The Bertz CT molecular complexity index is 566. The van der Waals surface area contributed by atoms with Crippen molar-refractivity contribution in [3.05, 3.63) is 41.8 Å². The van der Waals surface area contributed by atoms with Gasteiger partial charge in [0.15, 0.2) is 0 Å². The van der Waals surface area contributed by atoms with E-state index in [0.717, 1.165) is 0 Å². The van der Waals surface area contributed by atoms with E-state index in [4.69, 9.17) is 15.0 Å². The molecule has 1 amide bonds. The Hall–Kier alpha value is -2.34. The summed E-state index contributed by atoms with van der Waals surface area (Å²) in [5, 5.41) is 6.37. The fraction of sp³-hybridized carbons (Fsp3) is 0.231. The molecule has 2 rings (SSSR count). The second-order valence-electron chi connectivity index (χ2n) is 3.95. The highest BCUT2D eigenvalue weighted by Gasteiger charge is 2.11. The van der Waals surface area contributed by atoms with E-state index in [2.05, 4.69) is 10.5 Å². The lowest BCUT2D eigenvalue weighted by atomic mass is 10.3. The van der Waals surface area contributed by atoms with Crippen LogP contribution >= 0.6 is 0 Å². The lowest BCUT2D eigenvalue weighted by Crippen LogP contribution is -2.12. The van der Waals surface area contributed by atoms with Gasteiger partial charge in [-0.1, -0.05) is 11.2 Å². The van der Waals surface area contributed by atoms with E-state index >= 15 is 0 Å². The number of nitrogens with zero attached hydrogens (tertiary/aromatic N) is 1. The van der Waals surface area contributed by atoms with Gasteiger partial charge in [0.2, 0.25) is 5.76 Å². The number of carbonyl (C=O) groups is 1. The van der Waals surface area contributed by atoms with Crippen LogP contribution in [0.1, 0.15) is 16.2 Å². The number of benzene rings is 1. The molecular formula is C13H15N3O3. The lowest BCUT2D eigenvalue weighted by Gasteiger charge is -2.07. The summed E-state index contributed by atoms with van der Waals surface area (Å²) in [5.41, 5.74) is 6.64. The van der Waals surface area contributed by atoms with Crippen molar-refractivity contribution >= 4 is 11.6 Å². The first-order valence-corrected chi connectivity index (χ1v) is 5.86. The third-order valence-corrected chi connectivity index (χ3v) is 2.33. The molecule has 0 aliphatic rings. The molecular weight excluding hydrogens is 246 g/mol. The van der Waals surface area contributed by atoms with Crippen LogP contribution in [0, 0.1) is 6.92 Å². The van der Waals surface area contributed by atoms with Crippen LogP contribution in [0.15, 0.2) is 34.9 Å². The fourth-order valence-electron chi connectivity index (χ4n) is 1.50. The van der Waals surface area contributed by atoms with E-state index in [0.29, 0.717) is 30.3 Å². The Kier molecular flexibility index (Phi) is 4.15. The molecule has 0 spiro atoms. The first-order valence-electron chi connectivity index (χ1n) is 5.86. The maximum absolute atomic E-state index is 11.8. The fourth-order valence-corrected chi connectivity index (χ4v) is 1.50. The number of anilines is 1. The number of aryl methyl sites for hydroxylation is 1. The summed E-state index contributed by atoms with van der Waals surface area (Å²) in [6, 6.07) is 8.63. The minimum atomic E-state index is -0.350. The van der Waals surface area contributed by atoms with Gasteiger partial charge in [-0.05, 0) is 19.1 Å². The van der Waals surface area contributed by atoms with Crippen molar-refractivity contribution in [2.45, 2.75) is 6.92 Å². The number of nitrogens with one attached hydrogen (secondary N) is 1. The number of hydrogen-bond donors (Lipinski definition) is 2. The Morgan fingerprint density at radius 2 is 2.32 bits per heavy atom. The van der Waals surface area contributed by atoms with Crippen LogP contribution in [0.5, 0.6) is 5.75 Å². The first-order chi connectivity index (χ1) is 9.19. The molecule has 1 aromatic heterocycles. The summed E-state index contributed by atoms with van der Waals surface area (Å²) >= 11 is 0. The smallest absolute Gasteiger partial charge is 0.294 e. The van der Waals surface area contributed by atoms with E-state index < -0.39 is 0 Å². The number of rotatable bonds is 5. The Morgan fingerprint density at radius 3 is 3.00 bits per heavy atom. The molecule has 100 valence electrons. The monoisotopic (exact) mass is 261 g/mol. The molecule has 0 radical (unpaired) electrons. The lowest BCUT2D eigenvalue weighted by molar-refractivity contribution is 0.0988. The number of ether oxygens (including phenoxy) is 1. The average molecular weight is 261 g/mol. The van der Waals surface area contributed by atoms with Crippen LogP contribution in [0.4, 0.5) is 5.69 Å². The van der Waals surface area contributed by atoms with Crippen molar-refractivity contribution in [3.63, 3.8) is 0 Å². The third-order valence-electron chi connectivity index (χ3n) is 2.33. The number of hydrogen-bond acceptors (Lipinski definition) is 5. The van der Waals surface area contributed by atoms with Crippen LogP contribution in [0.2, 0.25) is 0 Å². The van der Waals surface area contributed by atoms with Crippen molar-refractivity contribution in [1.29, 1.82) is 0 Å². The summed E-state index contributed by atoms with van der Waals surface area (Å²) in [6.45, 7) is 2.62. The van der Waals surface area contributed by atoms with Gasteiger partial charge in [0.1, 0.15) is 12.4 Å². The van der Waals surface area contributed by atoms with Gasteiger partial charge in [0.05, 0.1) is 5.69 Å². The topological polar surface area (TPSA) is 90.4 Å². The van der Waals surface area contributed by atoms with Gasteiger partial charge in [-0.15, -0.1) is 0 Å². The molecule has 2 aromatic rings. The highest BCUT2D eigenvalue weighted by Crippen LogP contribution is 2.18. The largest absolute Gasteiger partial charge is 0.492 e. The van der Waals surface area contributed by atoms with Crippen LogP contribution in [-0.2, 0) is 0 Å². The van der Waals surface area contributed by atoms with Crippen molar-refractivity contribution in [2.75, 3.05) is 18.5 Å². The molecule has 1 aromatic carbocycles. The quantitative estimate of drug-likeness (QED) is 0.852. The van der Waals surface area contributed by atoms with Crippen molar-refractivity contribution in [2.24, 2.45) is 5.73 Å². The summed E-state index contributed by atoms with van der Waals surface area (Å²) in [7, 11) is 0. The standard InChI is InChI=1S/C13H15N3O3/c1-9-7-12(19-16-9)13(17)15-10-3-2-4-11(8-10)18-6-5-14/h2-4,7-8H,5-6,14H2,1H3,(H,15,17). The van der Waals surface area contributed by atoms with Gasteiger partial charge < -0.3 is 20.3 Å². The molecule has 0 saturated heterocycles. The molecule has 0 aliphatic carbocycles. The minimum absolute atomic E-state index is 0.172. The van der Waals surface area contributed by atoms with Gasteiger partial charge in [-0.2, -0.15) is 0 Å². The molecule has 6 heteroatoms. The van der Waals surface area contributed by atoms with Gasteiger partial charge in [-0.3, -0.25) is 4.79 Å². The molecule has 0 fully saturated rings. The first kappa shape index (κ1) is 13.1. The molecule has 19 heavy (non-hydrogen) atoms. The molecule has 1 heterocycles. The zero-order valence-electron chi connectivity index (χ0n) is 10.6. The maximum atomic E-state index is 11.8. The highest BCUT2D eigenvalue weighted by molar-refractivity contribution is 6.02. The predicted octanol–water partition coefficient (Wildman–Crippen LogP) is 1.57. The van der Waals surface area contributed by atoms with Crippen LogP contribution in [-0.4, -0.2) is 24.2 Å². The molecule has 0 saturated carbocycles. The molecule has 3 N–H and O–H groups in total. The number of aromatic nitrogens is 1. The zero-order chi connectivity index (χ0) is 13.7. The molecule has 6 nitrogen and oxygen atoms in total. The van der Waals surface area contributed by atoms with Crippen molar-refractivity contribution in [3.8, 4) is 5.75 Å². The average Bonchev–Trinajstić information content (AvgIpc) is 2.83. The van der Waals surface area contributed by atoms with E-state index in [1.165, 1.54) is 0 Å². The number of nitrogens with two attached hydrogens (primary N) is 1. The summed E-state index contributed by atoms with van der Waals surface area (Å²) in [5.74, 6) is 0.472. The van der Waals surface area contributed by atoms with E-state index in [9.17, 15) is 4.79 Å². The Balaban J connectivity index is 2.04. The van der Waals surface area contributed by atoms with Gasteiger partial charge in [-0.25, -0.2) is 0 Å².